The second kappa shape index (κ2) is 8.07. The number of rotatable bonds is 5. The number of amides is 1. The predicted octanol–water partition coefficient (Wildman–Crippen LogP) is 2.11. The highest BCUT2D eigenvalue weighted by Crippen LogP contribution is 2.32. The smallest absolute Gasteiger partial charge is 0.249 e. The number of hydrazine groups is 1. The molecule has 1 unspecified atom stereocenters. The van der Waals surface area contributed by atoms with Gasteiger partial charge in [-0.25, -0.2) is 4.39 Å². The molecule has 2 saturated heterocycles. The number of hydrogen-bond acceptors (Lipinski definition) is 6. The lowest BCUT2D eigenvalue weighted by molar-refractivity contribution is -0.117. The molecule has 2 heterocycles. The summed E-state index contributed by atoms with van der Waals surface area (Å²) < 4.78 is 19.0. The Hall–Kier alpha value is -3.15. The fourth-order valence-corrected chi connectivity index (χ4v) is 3.94. The van der Waals surface area contributed by atoms with Gasteiger partial charge in [0.1, 0.15) is 6.04 Å². The summed E-state index contributed by atoms with van der Waals surface area (Å²) in [6.07, 6.45) is 0.568. The zero-order valence-corrected chi connectivity index (χ0v) is 16.0. The fourth-order valence-electron chi connectivity index (χ4n) is 3.94. The Morgan fingerprint density at radius 1 is 1.28 bits per heavy atom. The van der Waals surface area contributed by atoms with Crippen LogP contribution in [-0.4, -0.2) is 38.7 Å². The van der Waals surface area contributed by atoms with Gasteiger partial charge < -0.3 is 15.0 Å². The van der Waals surface area contributed by atoms with Crippen LogP contribution in [0.5, 0.6) is 5.75 Å². The van der Waals surface area contributed by atoms with E-state index in [2.05, 4.69) is 22.2 Å². The zero-order chi connectivity index (χ0) is 20.4. The van der Waals surface area contributed by atoms with E-state index in [-0.39, 0.29) is 17.6 Å². The van der Waals surface area contributed by atoms with Gasteiger partial charge in [-0.15, -0.1) is 0 Å². The van der Waals surface area contributed by atoms with Crippen molar-refractivity contribution in [3.8, 4) is 11.8 Å². The molecule has 4 rings (SSSR count). The summed E-state index contributed by atoms with van der Waals surface area (Å²) in [5, 5.41) is 12.7. The van der Waals surface area contributed by atoms with Crippen LogP contribution in [0.25, 0.3) is 0 Å². The van der Waals surface area contributed by atoms with Gasteiger partial charge >= 0.3 is 0 Å². The first-order valence-electron chi connectivity index (χ1n) is 9.52. The number of carbonyl (C=O) groups is 1. The molecule has 2 fully saturated rings. The average Bonchev–Trinajstić information content (AvgIpc) is 3.38. The number of ether oxygens (including phenoxy) is 1. The standard InChI is InChI=1S/C21H22FN5O2/c1-29-20-17(22)3-2-4-18(20)26-19-7-8-27(21(19)28)15-5-6-16(13(9-15)10-23)14-11-24-25-12-14/h2-6,9,14,19,24-26H,7-8,11-12H2,1H3. The molecule has 0 aliphatic carbocycles. The highest BCUT2D eigenvalue weighted by Gasteiger charge is 2.33. The Labute approximate surface area is 168 Å². The normalized spacial score (nSPS) is 19.4. The second-order valence-electron chi connectivity index (χ2n) is 7.14. The van der Waals surface area contributed by atoms with Crippen LogP contribution in [0.3, 0.4) is 0 Å². The summed E-state index contributed by atoms with van der Waals surface area (Å²) in [4.78, 5) is 14.6. The molecular formula is C21H22FN5O2. The molecule has 1 amide bonds. The van der Waals surface area contributed by atoms with Gasteiger partial charge in [0.05, 0.1) is 24.4 Å². The third-order valence-corrected chi connectivity index (χ3v) is 5.44. The molecule has 2 aliphatic rings. The molecule has 3 N–H and O–H groups in total. The van der Waals surface area contributed by atoms with Crippen molar-refractivity contribution < 1.29 is 13.9 Å². The van der Waals surface area contributed by atoms with Crippen molar-refractivity contribution in [2.24, 2.45) is 0 Å². The summed E-state index contributed by atoms with van der Waals surface area (Å²) in [6, 6.07) is 11.9. The highest BCUT2D eigenvalue weighted by molar-refractivity contribution is 6.01. The Morgan fingerprint density at radius 3 is 2.79 bits per heavy atom. The van der Waals surface area contributed by atoms with Crippen LogP contribution < -0.4 is 25.8 Å². The molecule has 8 heteroatoms. The highest BCUT2D eigenvalue weighted by atomic mass is 19.1. The van der Waals surface area contributed by atoms with Crippen molar-refractivity contribution in [1.82, 2.24) is 10.9 Å². The number of anilines is 2. The number of nitrogens with zero attached hydrogens (tertiary/aromatic N) is 2. The summed E-state index contributed by atoms with van der Waals surface area (Å²) in [5.41, 5.74) is 8.84. The lowest BCUT2D eigenvalue weighted by Crippen LogP contribution is -2.33. The number of nitriles is 1. The van der Waals surface area contributed by atoms with Crippen LogP contribution in [-0.2, 0) is 4.79 Å². The average molecular weight is 395 g/mol. The molecule has 2 aliphatic heterocycles. The minimum absolute atomic E-state index is 0.0913. The van der Waals surface area contributed by atoms with E-state index in [4.69, 9.17) is 4.74 Å². The number of methoxy groups -OCH3 is 1. The summed E-state index contributed by atoms with van der Waals surface area (Å²) in [5.74, 6) is -0.279. The Balaban J connectivity index is 1.53. The van der Waals surface area contributed by atoms with Crippen LogP contribution in [0.15, 0.2) is 36.4 Å². The third-order valence-electron chi connectivity index (χ3n) is 5.44. The van der Waals surface area contributed by atoms with Crippen molar-refractivity contribution in [2.45, 2.75) is 18.4 Å². The molecule has 1 atom stereocenters. The van der Waals surface area contributed by atoms with E-state index < -0.39 is 11.9 Å². The second-order valence-corrected chi connectivity index (χ2v) is 7.14. The van der Waals surface area contributed by atoms with Gasteiger partial charge in [0.15, 0.2) is 11.6 Å². The van der Waals surface area contributed by atoms with E-state index in [0.717, 1.165) is 18.7 Å². The summed E-state index contributed by atoms with van der Waals surface area (Å²) >= 11 is 0. The Morgan fingerprint density at radius 2 is 2.07 bits per heavy atom. The SMILES string of the molecule is COc1c(F)cccc1NC1CCN(c2ccc(C3CNNC3)c(C#N)c2)C1=O. The van der Waals surface area contributed by atoms with E-state index in [1.165, 1.54) is 13.2 Å². The van der Waals surface area contributed by atoms with Crippen LogP contribution in [0.4, 0.5) is 15.8 Å². The topological polar surface area (TPSA) is 89.4 Å². The predicted molar refractivity (Wildman–Crippen MR) is 107 cm³/mol. The number of halogens is 1. The van der Waals surface area contributed by atoms with Gasteiger partial charge in [0.25, 0.3) is 0 Å². The minimum atomic E-state index is -0.487. The number of nitrogens with one attached hydrogen (secondary N) is 3. The maximum atomic E-state index is 13.9. The zero-order valence-electron chi connectivity index (χ0n) is 16.0. The molecular weight excluding hydrogens is 373 g/mol. The summed E-state index contributed by atoms with van der Waals surface area (Å²) in [7, 11) is 1.40. The van der Waals surface area contributed by atoms with Crippen molar-refractivity contribution in [2.75, 3.05) is 37.0 Å². The first kappa shape index (κ1) is 19.2. The third kappa shape index (κ3) is 3.62. The number of para-hydroxylation sites is 1. The van der Waals surface area contributed by atoms with Crippen LogP contribution in [0, 0.1) is 17.1 Å². The van der Waals surface area contributed by atoms with Crippen molar-refractivity contribution in [3.63, 3.8) is 0 Å². The van der Waals surface area contributed by atoms with E-state index in [1.807, 2.05) is 12.1 Å². The van der Waals surface area contributed by atoms with Gasteiger partial charge in [-0.1, -0.05) is 12.1 Å². The Bertz CT molecular complexity index is 968. The van der Waals surface area contributed by atoms with E-state index in [0.29, 0.717) is 29.9 Å². The largest absolute Gasteiger partial charge is 0.492 e. The first-order chi connectivity index (χ1) is 14.1. The lowest BCUT2D eigenvalue weighted by Gasteiger charge is -2.20. The first-order valence-corrected chi connectivity index (χ1v) is 9.52. The fraction of sp³-hybridized carbons (Fsp3) is 0.333. The molecule has 0 aromatic heterocycles. The molecule has 150 valence electrons. The van der Waals surface area contributed by atoms with E-state index in [9.17, 15) is 14.4 Å². The van der Waals surface area contributed by atoms with Crippen molar-refractivity contribution in [3.05, 3.63) is 53.3 Å². The molecule has 2 aromatic rings. The van der Waals surface area contributed by atoms with Crippen LogP contribution >= 0.6 is 0 Å². The van der Waals surface area contributed by atoms with Gasteiger partial charge in [-0.3, -0.25) is 15.6 Å². The van der Waals surface area contributed by atoms with Gasteiger partial charge in [0, 0.05) is 31.2 Å². The minimum Gasteiger partial charge on any atom is -0.492 e. The van der Waals surface area contributed by atoms with Crippen molar-refractivity contribution in [1.29, 1.82) is 5.26 Å². The van der Waals surface area contributed by atoms with Gasteiger partial charge in [-0.05, 0) is 36.2 Å². The maximum Gasteiger partial charge on any atom is 0.249 e. The monoisotopic (exact) mass is 395 g/mol. The van der Waals surface area contributed by atoms with Crippen LogP contribution in [0.2, 0.25) is 0 Å². The number of carbonyl (C=O) groups excluding carboxylic acids is 1. The Kier molecular flexibility index (Phi) is 5.34. The molecule has 29 heavy (non-hydrogen) atoms. The van der Waals surface area contributed by atoms with Gasteiger partial charge in [-0.2, -0.15) is 5.26 Å². The molecule has 2 aromatic carbocycles. The molecule has 7 nitrogen and oxygen atoms in total. The summed E-state index contributed by atoms with van der Waals surface area (Å²) in [6.45, 7) is 2.04. The number of hydrogen-bond donors (Lipinski definition) is 3. The maximum absolute atomic E-state index is 13.9. The van der Waals surface area contributed by atoms with E-state index in [1.54, 1.807) is 23.1 Å². The molecule has 0 radical (unpaired) electrons. The van der Waals surface area contributed by atoms with Crippen molar-refractivity contribution >= 4 is 17.3 Å². The van der Waals surface area contributed by atoms with Crippen LogP contribution in [0.1, 0.15) is 23.5 Å². The quantitative estimate of drug-likeness (QED) is 0.719. The molecule has 0 spiro atoms. The molecule has 0 bridgehead atoms. The van der Waals surface area contributed by atoms with E-state index >= 15 is 0 Å². The lowest BCUT2D eigenvalue weighted by atomic mass is 9.95. The van der Waals surface area contributed by atoms with Gasteiger partial charge in [0.2, 0.25) is 5.91 Å². The number of benzene rings is 2. The molecule has 0 saturated carbocycles.